The number of hydrogen-bond acceptors (Lipinski definition) is 2. The first-order valence-corrected chi connectivity index (χ1v) is 6.49. The molecule has 2 aliphatic rings. The summed E-state index contributed by atoms with van der Waals surface area (Å²) in [7, 11) is -3.10. The van der Waals surface area contributed by atoms with E-state index in [1.807, 2.05) is 36.4 Å². The molecule has 1 aromatic rings. The lowest BCUT2D eigenvalue weighted by Gasteiger charge is -2.05. The molecule has 0 spiro atoms. The maximum atomic E-state index is 12.1. The quantitative estimate of drug-likeness (QED) is 0.669. The first-order valence-electron chi connectivity index (χ1n) is 4.88. The highest BCUT2D eigenvalue weighted by Crippen LogP contribution is 2.47. The van der Waals surface area contributed by atoms with Crippen molar-refractivity contribution in [3.8, 4) is 0 Å². The molecule has 76 valence electrons. The monoisotopic (exact) mass is 218 g/mol. The molecule has 3 heteroatoms. The van der Waals surface area contributed by atoms with Gasteiger partial charge in [-0.2, -0.15) is 0 Å². The molecule has 3 rings (SSSR count). The Morgan fingerprint density at radius 3 is 1.80 bits per heavy atom. The zero-order valence-electron chi connectivity index (χ0n) is 8.00. The molecule has 0 amide bonds. The highest BCUT2D eigenvalue weighted by Gasteiger charge is 2.42. The van der Waals surface area contributed by atoms with Crippen LogP contribution >= 0.6 is 0 Å². The summed E-state index contributed by atoms with van der Waals surface area (Å²) in [6.45, 7) is 0. The largest absolute Gasteiger partial charge is 0.227 e. The van der Waals surface area contributed by atoms with Crippen LogP contribution in [0.25, 0.3) is 0 Å². The average Bonchev–Trinajstić information content (AvgIpc) is 2.29. The van der Waals surface area contributed by atoms with Crippen LogP contribution in [0.2, 0.25) is 0 Å². The Labute approximate surface area is 88.9 Å². The van der Waals surface area contributed by atoms with E-state index in [4.69, 9.17) is 0 Å². The molecule has 0 aromatic heterocycles. The fourth-order valence-corrected chi connectivity index (χ4v) is 4.37. The summed E-state index contributed by atoms with van der Waals surface area (Å²) < 4.78 is 24.3. The van der Waals surface area contributed by atoms with E-state index in [2.05, 4.69) is 0 Å². The fraction of sp³-hybridized carbons (Fsp3) is 0.167. The van der Waals surface area contributed by atoms with Crippen LogP contribution in [-0.2, 0) is 9.84 Å². The van der Waals surface area contributed by atoms with E-state index in [9.17, 15) is 8.42 Å². The standard InChI is InChI=1S/C12H10O2S/c13-15(14)11-7-3-4-8-12(15)10-6-2-1-5-9(10)11/h1-8,11-12H/t11-,12-/m0/s1. The van der Waals surface area contributed by atoms with Crippen LogP contribution in [0.4, 0.5) is 0 Å². The lowest BCUT2D eigenvalue weighted by Crippen LogP contribution is -2.07. The van der Waals surface area contributed by atoms with Crippen LogP contribution < -0.4 is 0 Å². The topological polar surface area (TPSA) is 34.1 Å². The molecule has 2 nitrogen and oxygen atoms in total. The predicted octanol–water partition coefficient (Wildman–Crippen LogP) is 2.32. The van der Waals surface area contributed by atoms with Gasteiger partial charge in [0.2, 0.25) is 0 Å². The fourth-order valence-electron chi connectivity index (χ4n) is 2.30. The third-order valence-corrected chi connectivity index (χ3v) is 5.24. The van der Waals surface area contributed by atoms with Crippen LogP contribution in [-0.4, -0.2) is 8.42 Å². The van der Waals surface area contributed by atoms with Crippen molar-refractivity contribution < 1.29 is 8.42 Å². The van der Waals surface area contributed by atoms with Crippen molar-refractivity contribution in [3.63, 3.8) is 0 Å². The van der Waals surface area contributed by atoms with Crippen molar-refractivity contribution >= 4 is 9.84 Å². The maximum Gasteiger partial charge on any atom is 0.171 e. The third-order valence-electron chi connectivity index (χ3n) is 3.00. The first-order chi connectivity index (χ1) is 7.21. The van der Waals surface area contributed by atoms with Gasteiger partial charge in [-0.3, -0.25) is 0 Å². The summed E-state index contributed by atoms with van der Waals surface area (Å²) in [6.07, 6.45) is 7.16. The SMILES string of the molecule is O=S1(=O)[C@H]2C=CC=C[C@H]1c1ccccc12. The summed E-state index contributed by atoms with van der Waals surface area (Å²) in [5.74, 6) is 0. The molecule has 0 fully saturated rings. The molecule has 0 unspecified atom stereocenters. The Hall–Kier alpha value is -1.35. The zero-order chi connectivity index (χ0) is 10.5. The van der Waals surface area contributed by atoms with Crippen LogP contribution in [0.1, 0.15) is 21.6 Å². The van der Waals surface area contributed by atoms with Crippen LogP contribution in [0.3, 0.4) is 0 Å². The molecular weight excluding hydrogens is 208 g/mol. The summed E-state index contributed by atoms with van der Waals surface area (Å²) in [5.41, 5.74) is 1.87. The number of benzene rings is 1. The van der Waals surface area contributed by atoms with Crippen molar-refractivity contribution in [2.45, 2.75) is 10.5 Å². The molecule has 2 bridgehead atoms. The molecule has 0 N–H and O–H groups in total. The Bertz CT molecular complexity index is 522. The van der Waals surface area contributed by atoms with Gasteiger partial charge in [0.25, 0.3) is 0 Å². The van der Waals surface area contributed by atoms with E-state index in [1.54, 1.807) is 12.2 Å². The molecular formula is C12H10O2S. The van der Waals surface area contributed by atoms with Crippen molar-refractivity contribution in [1.29, 1.82) is 0 Å². The van der Waals surface area contributed by atoms with E-state index in [0.717, 1.165) is 11.1 Å². The molecule has 0 radical (unpaired) electrons. The molecule has 0 saturated heterocycles. The van der Waals surface area contributed by atoms with Gasteiger partial charge in [-0.05, 0) is 11.1 Å². The Morgan fingerprint density at radius 1 is 0.867 bits per heavy atom. The van der Waals surface area contributed by atoms with Gasteiger partial charge in [-0.15, -0.1) is 0 Å². The molecule has 1 aromatic carbocycles. The summed E-state index contributed by atoms with van der Waals surface area (Å²) in [5, 5.41) is -0.901. The Kier molecular flexibility index (Phi) is 1.68. The van der Waals surface area contributed by atoms with Gasteiger partial charge in [0.1, 0.15) is 10.5 Å². The van der Waals surface area contributed by atoms with Crippen molar-refractivity contribution in [2.75, 3.05) is 0 Å². The second-order valence-corrected chi connectivity index (χ2v) is 6.02. The molecule has 2 atom stereocenters. The minimum atomic E-state index is -3.10. The first kappa shape index (κ1) is 8.92. The predicted molar refractivity (Wildman–Crippen MR) is 59.1 cm³/mol. The third kappa shape index (κ3) is 1.07. The lowest BCUT2D eigenvalue weighted by molar-refractivity contribution is 0.590. The summed E-state index contributed by atoms with van der Waals surface area (Å²) in [6, 6.07) is 7.59. The minimum Gasteiger partial charge on any atom is -0.227 e. The zero-order valence-corrected chi connectivity index (χ0v) is 8.81. The summed E-state index contributed by atoms with van der Waals surface area (Å²) >= 11 is 0. The van der Waals surface area contributed by atoms with Gasteiger partial charge in [-0.1, -0.05) is 48.6 Å². The van der Waals surface area contributed by atoms with E-state index in [1.165, 1.54) is 0 Å². The van der Waals surface area contributed by atoms with Gasteiger partial charge in [-0.25, -0.2) is 8.42 Å². The maximum absolute atomic E-state index is 12.1. The number of hydrogen-bond donors (Lipinski definition) is 0. The van der Waals surface area contributed by atoms with E-state index in [-0.39, 0.29) is 0 Å². The highest BCUT2D eigenvalue weighted by atomic mass is 32.2. The number of fused-ring (bicyclic) bond motifs is 5. The van der Waals surface area contributed by atoms with Crippen LogP contribution in [0, 0.1) is 0 Å². The van der Waals surface area contributed by atoms with Gasteiger partial charge in [0.15, 0.2) is 9.84 Å². The second-order valence-electron chi connectivity index (χ2n) is 3.83. The van der Waals surface area contributed by atoms with Crippen LogP contribution in [0.15, 0.2) is 48.6 Å². The molecule has 0 saturated carbocycles. The number of rotatable bonds is 0. The van der Waals surface area contributed by atoms with Gasteiger partial charge >= 0.3 is 0 Å². The molecule has 0 aliphatic carbocycles. The van der Waals surface area contributed by atoms with Crippen LogP contribution in [0.5, 0.6) is 0 Å². The lowest BCUT2D eigenvalue weighted by atomic mass is 10.00. The minimum absolute atomic E-state index is 0.450. The van der Waals surface area contributed by atoms with E-state index < -0.39 is 20.3 Å². The second kappa shape index (κ2) is 2.83. The number of allylic oxidation sites excluding steroid dienone is 2. The van der Waals surface area contributed by atoms with E-state index in [0.29, 0.717) is 0 Å². The molecule has 2 aliphatic heterocycles. The van der Waals surface area contributed by atoms with Gasteiger partial charge in [0, 0.05) is 0 Å². The van der Waals surface area contributed by atoms with Gasteiger partial charge < -0.3 is 0 Å². The smallest absolute Gasteiger partial charge is 0.171 e. The molecule has 15 heavy (non-hydrogen) atoms. The van der Waals surface area contributed by atoms with Crippen molar-refractivity contribution in [3.05, 3.63) is 59.7 Å². The van der Waals surface area contributed by atoms with Crippen molar-refractivity contribution in [2.24, 2.45) is 0 Å². The van der Waals surface area contributed by atoms with E-state index >= 15 is 0 Å². The van der Waals surface area contributed by atoms with Crippen molar-refractivity contribution in [1.82, 2.24) is 0 Å². The normalized spacial score (nSPS) is 29.9. The Morgan fingerprint density at radius 2 is 1.33 bits per heavy atom. The summed E-state index contributed by atoms with van der Waals surface area (Å²) in [4.78, 5) is 0. The number of sulfone groups is 1. The molecule has 2 heterocycles. The highest BCUT2D eigenvalue weighted by molar-refractivity contribution is 7.92. The Balaban J connectivity index is 2.38. The average molecular weight is 218 g/mol. The van der Waals surface area contributed by atoms with Gasteiger partial charge in [0.05, 0.1) is 0 Å².